The third-order valence-corrected chi connectivity index (χ3v) is 4.72. The van der Waals surface area contributed by atoms with E-state index in [0.717, 1.165) is 58.4 Å². The van der Waals surface area contributed by atoms with Crippen LogP contribution in [0.2, 0.25) is 0 Å². The first-order chi connectivity index (χ1) is 10.7. The molecule has 2 saturated heterocycles. The SMILES string of the molecule is CC(C)(C)OC(=O)N1CCC(CN2CCC(C(=O)O)CC2)CC1. The van der Waals surface area contributed by atoms with E-state index < -0.39 is 11.6 Å². The van der Waals surface area contributed by atoms with Crippen molar-refractivity contribution in [1.29, 1.82) is 0 Å². The van der Waals surface area contributed by atoms with Gasteiger partial charge in [-0.2, -0.15) is 0 Å². The van der Waals surface area contributed by atoms with Crippen molar-refractivity contribution in [2.24, 2.45) is 11.8 Å². The van der Waals surface area contributed by atoms with Gasteiger partial charge in [-0.05, 0) is 65.5 Å². The van der Waals surface area contributed by atoms with Gasteiger partial charge in [-0.1, -0.05) is 0 Å². The van der Waals surface area contributed by atoms with Crippen LogP contribution < -0.4 is 0 Å². The van der Waals surface area contributed by atoms with Gasteiger partial charge in [0.1, 0.15) is 5.60 Å². The maximum atomic E-state index is 12.0. The number of carbonyl (C=O) groups is 2. The summed E-state index contributed by atoms with van der Waals surface area (Å²) < 4.78 is 5.42. The van der Waals surface area contributed by atoms with E-state index in [-0.39, 0.29) is 12.0 Å². The quantitative estimate of drug-likeness (QED) is 0.862. The summed E-state index contributed by atoms with van der Waals surface area (Å²) in [5.74, 6) is -0.231. The monoisotopic (exact) mass is 326 g/mol. The van der Waals surface area contributed by atoms with Crippen LogP contribution in [0, 0.1) is 11.8 Å². The normalized spacial score (nSPS) is 22.1. The average molecular weight is 326 g/mol. The van der Waals surface area contributed by atoms with Gasteiger partial charge in [0.15, 0.2) is 0 Å². The van der Waals surface area contributed by atoms with Crippen molar-refractivity contribution in [3.63, 3.8) is 0 Å². The Balaban J connectivity index is 1.69. The molecule has 0 bridgehead atoms. The lowest BCUT2D eigenvalue weighted by atomic mass is 9.93. The van der Waals surface area contributed by atoms with Crippen LogP contribution in [-0.4, -0.2) is 65.3 Å². The molecule has 0 saturated carbocycles. The number of nitrogens with zero attached hydrogens (tertiary/aromatic N) is 2. The molecule has 1 amide bonds. The van der Waals surface area contributed by atoms with E-state index in [0.29, 0.717) is 5.92 Å². The number of hydrogen-bond donors (Lipinski definition) is 1. The average Bonchev–Trinajstić information content (AvgIpc) is 2.46. The molecule has 2 aliphatic rings. The number of carboxylic acid groups (broad SMARTS) is 1. The van der Waals surface area contributed by atoms with Crippen LogP contribution in [0.1, 0.15) is 46.5 Å². The first kappa shape index (κ1) is 18.0. The summed E-state index contributed by atoms with van der Waals surface area (Å²) in [6.07, 6.45) is 3.30. The molecule has 0 aromatic carbocycles. The number of amides is 1. The highest BCUT2D eigenvalue weighted by molar-refractivity contribution is 5.70. The molecule has 0 unspecified atom stereocenters. The molecule has 2 aliphatic heterocycles. The highest BCUT2D eigenvalue weighted by Gasteiger charge is 2.29. The van der Waals surface area contributed by atoms with Crippen molar-refractivity contribution in [1.82, 2.24) is 9.80 Å². The zero-order chi connectivity index (χ0) is 17.0. The zero-order valence-electron chi connectivity index (χ0n) is 14.6. The number of hydrogen-bond acceptors (Lipinski definition) is 4. The second-order valence-electron chi connectivity index (χ2n) is 7.82. The van der Waals surface area contributed by atoms with E-state index in [1.807, 2.05) is 20.8 Å². The lowest BCUT2D eigenvalue weighted by molar-refractivity contribution is -0.143. The molecule has 0 atom stereocenters. The number of aliphatic carboxylic acids is 1. The van der Waals surface area contributed by atoms with Gasteiger partial charge in [0.25, 0.3) is 0 Å². The van der Waals surface area contributed by atoms with E-state index in [1.165, 1.54) is 0 Å². The molecule has 0 radical (unpaired) electrons. The number of rotatable bonds is 3. The molecule has 1 N–H and O–H groups in total. The minimum atomic E-state index is -0.657. The Hall–Kier alpha value is -1.30. The minimum Gasteiger partial charge on any atom is -0.481 e. The van der Waals surface area contributed by atoms with Crippen LogP contribution in [0.25, 0.3) is 0 Å². The topological polar surface area (TPSA) is 70.1 Å². The number of piperidine rings is 2. The smallest absolute Gasteiger partial charge is 0.410 e. The Kier molecular flexibility index (Phi) is 5.89. The number of likely N-dealkylation sites (tertiary alicyclic amines) is 2. The Morgan fingerprint density at radius 3 is 2.09 bits per heavy atom. The van der Waals surface area contributed by atoms with Crippen LogP contribution in [-0.2, 0) is 9.53 Å². The molecule has 2 heterocycles. The van der Waals surface area contributed by atoms with Crippen LogP contribution in [0.3, 0.4) is 0 Å². The fourth-order valence-electron chi connectivity index (χ4n) is 3.35. The minimum absolute atomic E-state index is 0.166. The largest absolute Gasteiger partial charge is 0.481 e. The van der Waals surface area contributed by atoms with E-state index >= 15 is 0 Å². The summed E-state index contributed by atoms with van der Waals surface area (Å²) in [5, 5.41) is 9.04. The first-order valence-corrected chi connectivity index (χ1v) is 8.67. The molecule has 23 heavy (non-hydrogen) atoms. The second-order valence-corrected chi connectivity index (χ2v) is 7.82. The molecule has 132 valence electrons. The maximum absolute atomic E-state index is 12.0. The fourth-order valence-corrected chi connectivity index (χ4v) is 3.35. The van der Waals surface area contributed by atoms with Gasteiger partial charge in [0, 0.05) is 19.6 Å². The van der Waals surface area contributed by atoms with Gasteiger partial charge < -0.3 is 19.6 Å². The molecule has 2 rings (SSSR count). The predicted molar refractivity (Wildman–Crippen MR) is 87.3 cm³/mol. The van der Waals surface area contributed by atoms with Gasteiger partial charge in [0.05, 0.1) is 5.92 Å². The van der Waals surface area contributed by atoms with Crippen molar-refractivity contribution in [3.8, 4) is 0 Å². The molecule has 6 heteroatoms. The molecule has 6 nitrogen and oxygen atoms in total. The number of carboxylic acids is 1. The molecule has 2 fully saturated rings. The Morgan fingerprint density at radius 1 is 1.04 bits per heavy atom. The lowest BCUT2D eigenvalue weighted by Crippen LogP contribution is -2.45. The fraction of sp³-hybridized carbons (Fsp3) is 0.882. The van der Waals surface area contributed by atoms with Gasteiger partial charge in [-0.3, -0.25) is 4.79 Å². The van der Waals surface area contributed by atoms with Crippen LogP contribution in [0.15, 0.2) is 0 Å². The maximum Gasteiger partial charge on any atom is 0.410 e. The van der Waals surface area contributed by atoms with Crippen molar-refractivity contribution in [2.45, 2.75) is 52.1 Å². The Bertz CT molecular complexity index is 417. The van der Waals surface area contributed by atoms with Gasteiger partial charge in [-0.25, -0.2) is 4.79 Å². The summed E-state index contributed by atoms with van der Waals surface area (Å²) in [7, 11) is 0. The molecule has 0 aliphatic carbocycles. The lowest BCUT2D eigenvalue weighted by Gasteiger charge is -2.37. The summed E-state index contributed by atoms with van der Waals surface area (Å²) in [5.41, 5.74) is -0.442. The van der Waals surface area contributed by atoms with Gasteiger partial charge in [0.2, 0.25) is 0 Å². The summed E-state index contributed by atoms with van der Waals surface area (Å²) in [6.45, 7) is 9.95. The van der Waals surface area contributed by atoms with Crippen LogP contribution in [0.5, 0.6) is 0 Å². The summed E-state index contributed by atoms with van der Waals surface area (Å²) in [6, 6.07) is 0. The number of carbonyl (C=O) groups excluding carboxylic acids is 1. The van der Waals surface area contributed by atoms with E-state index in [4.69, 9.17) is 9.84 Å². The van der Waals surface area contributed by atoms with Gasteiger partial charge in [-0.15, -0.1) is 0 Å². The van der Waals surface area contributed by atoms with Crippen molar-refractivity contribution in [3.05, 3.63) is 0 Å². The molecule has 0 spiro atoms. The predicted octanol–water partition coefficient (Wildman–Crippen LogP) is 2.43. The van der Waals surface area contributed by atoms with E-state index in [2.05, 4.69) is 4.90 Å². The number of ether oxygens (including phenoxy) is 1. The van der Waals surface area contributed by atoms with Gasteiger partial charge >= 0.3 is 12.1 Å². The van der Waals surface area contributed by atoms with Crippen molar-refractivity contribution < 1.29 is 19.4 Å². The highest BCUT2D eigenvalue weighted by atomic mass is 16.6. The third kappa shape index (κ3) is 5.68. The molecule has 0 aromatic heterocycles. The standard InChI is InChI=1S/C17H30N2O4/c1-17(2,3)23-16(22)19-10-4-13(5-11-19)12-18-8-6-14(7-9-18)15(20)21/h13-14H,4-12H2,1-3H3,(H,20,21). The zero-order valence-corrected chi connectivity index (χ0v) is 14.6. The van der Waals surface area contributed by atoms with Crippen molar-refractivity contribution in [2.75, 3.05) is 32.7 Å². The van der Waals surface area contributed by atoms with E-state index in [9.17, 15) is 9.59 Å². The first-order valence-electron chi connectivity index (χ1n) is 8.67. The highest BCUT2D eigenvalue weighted by Crippen LogP contribution is 2.23. The molecular weight excluding hydrogens is 296 g/mol. The molecular formula is C17H30N2O4. The Labute approximate surface area is 138 Å². The molecule has 0 aromatic rings. The third-order valence-electron chi connectivity index (χ3n) is 4.72. The second kappa shape index (κ2) is 7.51. The van der Waals surface area contributed by atoms with Crippen LogP contribution >= 0.6 is 0 Å². The summed E-state index contributed by atoms with van der Waals surface area (Å²) in [4.78, 5) is 27.2. The van der Waals surface area contributed by atoms with E-state index in [1.54, 1.807) is 4.90 Å². The summed E-state index contributed by atoms with van der Waals surface area (Å²) >= 11 is 0. The van der Waals surface area contributed by atoms with Crippen molar-refractivity contribution >= 4 is 12.1 Å². The van der Waals surface area contributed by atoms with Crippen LogP contribution in [0.4, 0.5) is 4.79 Å². The Morgan fingerprint density at radius 2 is 1.61 bits per heavy atom.